The Morgan fingerprint density at radius 2 is 1.22 bits per heavy atom. The maximum atomic E-state index is 14.8. The van der Waals surface area contributed by atoms with Crippen LogP contribution in [0.2, 0.25) is 0 Å². The number of rotatable bonds is 6. The van der Waals surface area contributed by atoms with Gasteiger partial charge in [0.15, 0.2) is 5.69 Å². The number of benzene rings is 4. The third kappa shape index (κ3) is 4.92. The van der Waals surface area contributed by atoms with Gasteiger partial charge in [0.25, 0.3) is 0 Å². The molecule has 0 N–H and O–H groups in total. The summed E-state index contributed by atoms with van der Waals surface area (Å²) in [6.45, 7) is 8.99. The zero-order valence-electron chi connectivity index (χ0n) is 17.9. The van der Waals surface area contributed by atoms with Crippen LogP contribution in [-0.2, 0) is 12.8 Å². The largest absolute Gasteiger partial charge is 0.238 e. The predicted octanol–water partition coefficient (Wildman–Crippen LogP) is 8.33. The molecule has 0 atom stereocenters. The molecule has 0 saturated carbocycles. The van der Waals surface area contributed by atoms with Crippen LogP contribution in [-0.4, -0.2) is 0 Å². The van der Waals surface area contributed by atoms with Gasteiger partial charge < -0.3 is 0 Å². The van der Waals surface area contributed by atoms with Crippen LogP contribution < -0.4 is 0 Å². The maximum Gasteiger partial charge on any atom is 0.187 e. The van der Waals surface area contributed by atoms with E-state index in [-0.39, 0.29) is 11.6 Å². The van der Waals surface area contributed by atoms with Gasteiger partial charge in [-0.25, -0.2) is 13.6 Å². The first-order chi connectivity index (χ1) is 15.5. The Labute approximate surface area is 187 Å². The molecule has 0 aliphatic rings. The highest BCUT2D eigenvalue weighted by Gasteiger charge is 2.11. The molecular weight excluding hydrogens is 400 g/mol. The van der Waals surface area contributed by atoms with E-state index in [1.807, 2.05) is 61.5 Å². The lowest BCUT2D eigenvalue weighted by Crippen LogP contribution is -1.93. The van der Waals surface area contributed by atoms with Crippen LogP contribution in [0.5, 0.6) is 0 Å². The van der Waals surface area contributed by atoms with Gasteiger partial charge in [0.1, 0.15) is 11.6 Å². The van der Waals surface area contributed by atoms with Gasteiger partial charge in [-0.2, -0.15) is 0 Å². The maximum absolute atomic E-state index is 14.8. The highest BCUT2D eigenvalue weighted by atomic mass is 19.1. The first-order valence-corrected chi connectivity index (χ1v) is 10.7. The molecule has 1 nitrogen and oxygen atoms in total. The molecule has 0 spiro atoms. The lowest BCUT2D eigenvalue weighted by atomic mass is 9.97. The summed E-state index contributed by atoms with van der Waals surface area (Å²) in [7, 11) is 0. The Bertz CT molecular complexity index is 1270. The van der Waals surface area contributed by atoms with Crippen molar-refractivity contribution in [2.45, 2.75) is 26.2 Å². The van der Waals surface area contributed by atoms with Gasteiger partial charge in [-0.3, -0.25) is 0 Å². The third-order valence-corrected chi connectivity index (χ3v) is 5.67. The average Bonchev–Trinajstić information content (AvgIpc) is 2.80. The van der Waals surface area contributed by atoms with E-state index in [1.54, 1.807) is 24.3 Å². The second-order valence-electron chi connectivity index (χ2n) is 8.01. The van der Waals surface area contributed by atoms with E-state index in [9.17, 15) is 8.78 Å². The molecule has 0 aliphatic heterocycles. The quantitative estimate of drug-likeness (QED) is 0.275. The minimum Gasteiger partial charge on any atom is -0.238 e. The van der Waals surface area contributed by atoms with E-state index in [0.717, 1.165) is 36.0 Å². The lowest BCUT2D eigenvalue weighted by molar-refractivity contribution is 0.624. The Morgan fingerprint density at radius 1 is 0.656 bits per heavy atom. The van der Waals surface area contributed by atoms with E-state index >= 15 is 0 Å². The molecule has 0 aromatic heterocycles. The molecule has 158 valence electrons. The van der Waals surface area contributed by atoms with Crippen LogP contribution in [0.3, 0.4) is 0 Å². The normalized spacial score (nSPS) is 10.7. The molecule has 4 aromatic carbocycles. The van der Waals surface area contributed by atoms with Crippen molar-refractivity contribution in [2.75, 3.05) is 0 Å². The number of halogens is 2. The van der Waals surface area contributed by atoms with E-state index in [0.29, 0.717) is 22.4 Å². The topological polar surface area (TPSA) is 4.36 Å². The fraction of sp³-hybridized carbons (Fsp3) is 0.138. The first kappa shape index (κ1) is 21.5. The van der Waals surface area contributed by atoms with Crippen molar-refractivity contribution in [3.05, 3.63) is 125 Å². The Balaban J connectivity index is 1.45. The van der Waals surface area contributed by atoms with Crippen molar-refractivity contribution in [1.82, 2.24) is 0 Å². The number of aryl methyl sites for hydroxylation is 3. The van der Waals surface area contributed by atoms with Crippen molar-refractivity contribution in [3.63, 3.8) is 0 Å². The summed E-state index contributed by atoms with van der Waals surface area (Å²) in [5.74, 6) is -0.703. The van der Waals surface area contributed by atoms with Crippen molar-refractivity contribution in [2.24, 2.45) is 0 Å². The molecule has 0 amide bonds. The van der Waals surface area contributed by atoms with Gasteiger partial charge in [0.05, 0.1) is 6.57 Å². The molecule has 0 unspecified atom stereocenters. The van der Waals surface area contributed by atoms with Crippen molar-refractivity contribution in [3.8, 4) is 22.3 Å². The smallest absolute Gasteiger partial charge is 0.187 e. The van der Waals surface area contributed by atoms with Gasteiger partial charge in [-0.15, -0.1) is 0 Å². The van der Waals surface area contributed by atoms with Gasteiger partial charge in [-0.1, -0.05) is 83.9 Å². The summed E-state index contributed by atoms with van der Waals surface area (Å²) >= 11 is 0. The standard InChI is InChI=1S/C29H23F2N/c1-20-6-11-23(12-7-20)26-17-13-24(19-29(26)31)27-16-10-22(18-28(27)30)5-3-4-21-8-14-25(32-2)15-9-21/h6-19H,3-5H2,1H3. The van der Waals surface area contributed by atoms with Gasteiger partial charge in [0.2, 0.25) is 0 Å². The second kappa shape index (κ2) is 9.58. The molecule has 4 rings (SSSR count). The van der Waals surface area contributed by atoms with E-state index in [1.165, 1.54) is 11.6 Å². The fourth-order valence-electron chi connectivity index (χ4n) is 3.83. The zero-order valence-corrected chi connectivity index (χ0v) is 17.9. The van der Waals surface area contributed by atoms with Crippen LogP contribution in [0.1, 0.15) is 23.1 Å². The number of hydrogen-bond donors (Lipinski definition) is 0. The minimum atomic E-state index is -0.362. The monoisotopic (exact) mass is 423 g/mol. The Morgan fingerprint density at radius 3 is 1.88 bits per heavy atom. The molecular formula is C29H23F2N. The van der Waals surface area contributed by atoms with Gasteiger partial charge >= 0.3 is 0 Å². The predicted molar refractivity (Wildman–Crippen MR) is 127 cm³/mol. The Kier molecular flexibility index (Phi) is 6.42. The molecule has 0 heterocycles. The van der Waals surface area contributed by atoms with Crippen LogP contribution in [0.25, 0.3) is 27.1 Å². The Hall–Kier alpha value is -3.77. The average molecular weight is 424 g/mol. The summed E-state index contributed by atoms with van der Waals surface area (Å²) in [5, 5.41) is 0. The summed E-state index contributed by atoms with van der Waals surface area (Å²) in [5.41, 5.74) is 6.08. The van der Waals surface area contributed by atoms with E-state index in [2.05, 4.69) is 4.85 Å². The molecule has 32 heavy (non-hydrogen) atoms. The first-order valence-electron chi connectivity index (χ1n) is 10.7. The van der Waals surface area contributed by atoms with Crippen molar-refractivity contribution in [1.29, 1.82) is 0 Å². The second-order valence-corrected chi connectivity index (χ2v) is 8.01. The van der Waals surface area contributed by atoms with E-state index < -0.39 is 0 Å². The minimum absolute atomic E-state index is 0.341. The number of hydrogen-bond acceptors (Lipinski definition) is 0. The number of nitrogens with zero attached hydrogens (tertiary/aromatic N) is 1. The molecule has 0 aliphatic carbocycles. The molecule has 0 saturated heterocycles. The summed E-state index contributed by atoms with van der Waals surface area (Å²) in [6.07, 6.45) is 2.51. The molecule has 0 radical (unpaired) electrons. The van der Waals surface area contributed by atoms with Gasteiger partial charge in [-0.05, 0) is 55.0 Å². The molecule has 0 bridgehead atoms. The SMILES string of the molecule is [C-]#[N+]c1ccc(CCCc2ccc(-c3ccc(-c4ccc(C)cc4)c(F)c3)c(F)c2)cc1. The van der Waals surface area contributed by atoms with Gasteiger partial charge in [0, 0.05) is 11.1 Å². The van der Waals surface area contributed by atoms with Crippen LogP contribution >= 0.6 is 0 Å². The fourth-order valence-corrected chi connectivity index (χ4v) is 3.83. The highest BCUT2D eigenvalue weighted by Crippen LogP contribution is 2.30. The van der Waals surface area contributed by atoms with Crippen molar-refractivity contribution < 1.29 is 8.78 Å². The van der Waals surface area contributed by atoms with E-state index in [4.69, 9.17) is 6.57 Å². The van der Waals surface area contributed by atoms with Crippen LogP contribution in [0, 0.1) is 25.1 Å². The summed E-state index contributed by atoms with van der Waals surface area (Å²) in [4.78, 5) is 3.40. The highest BCUT2D eigenvalue weighted by molar-refractivity contribution is 5.71. The molecule has 0 fully saturated rings. The summed E-state index contributed by atoms with van der Waals surface area (Å²) < 4.78 is 29.6. The lowest BCUT2D eigenvalue weighted by Gasteiger charge is -2.10. The summed E-state index contributed by atoms with van der Waals surface area (Å²) in [6, 6.07) is 25.3. The molecule has 4 aromatic rings. The van der Waals surface area contributed by atoms with Crippen LogP contribution in [0.15, 0.2) is 84.9 Å². The zero-order chi connectivity index (χ0) is 22.5. The third-order valence-electron chi connectivity index (χ3n) is 5.67. The van der Waals surface area contributed by atoms with Crippen molar-refractivity contribution >= 4 is 5.69 Å². The molecule has 3 heteroatoms. The van der Waals surface area contributed by atoms with Crippen LogP contribution in [0.4, 0.5) is 14.5 Å².